The van der Waals surface area contributed by atoms with E-state index in [0.29, 0.717) is 30.9 Å². The molecule has 0 aromatic carbocycles. The second-order valence-corrected chi connectivity index (χ2v) is 10.9. The molecular weight excluding hydrogens is 1590 g/mol. The van der Waals surface area contributed by atoms with Crippen molar-refractivity contribution in [1.82, 2.24) is 15.1 Å². The molecule has 3 aliphatic heterocycles. The molecule has 0 spiro atoms. The van der Waals surface area contributed by atoms with E-state index in [-0.39, 0.29) is 69.7 Å². The molecular formula is C17H27BI2N7O3Re2Rf2S2-3. The molecule has 0 aliphatic carbocycles. The minimum Gasteiger partial charge on any atom is 0 e. The van der Waals surface area contributed by atoms with Crippen molar-refractivity contribution in [1.29, 1.82) is 0 Å². The molecule has 0 saturated heterocycles. The van der Waals surface area contributed by atoms with Crippen LogP contribution in [-0.4, -0.2) is 90.3 Å². The van der Waals surface area contributed by atoms with E-state index in [2.05, 4.69) is 43.5 Å². The van der Waals surface area contributed by atoms with Crippen LogP contribution >= 0.6 is 42.3 Å². The fraction of sp³-hybridized carbons (Fsp3) is 0.588. The topological polar surface area (TPSA) is 119 Å². The Kier molecular flexibility index (Phi) is 35.0. The molecule has 3 rings (SSSR count). The first-order valence-corrected chi connectivity index (χ1v) is 19.0. The van der Waals surface area contributed by atoms with Gasteiger partial charge in [0.05, 0.1) is 31.4 Å². The van der Waals surface area contributed by atoms with E-state index in [1.807, 2.05) is 20.1 Å². The average molecular weight is 1610 g/mol. The van der Waals surface area contributed by atoms with E-state index >= 15 is 0 Å². The van der Waals surface area contributed by atoms with E-state index in [9.17, 15) is 14.5 Å². The number of thioether (sulfide) groups is 1. The Morgan fingerprint density at radius 1 is 1.00 bits per heavy atom. The predicted octanol–water partition coefficient (Wildman–Crippen LogP) is -0.893. The van der Waals surface area contributed by atoms with Gasteiger partial charge >= 0.3 is 41.3 Å². The molecule has 0 aromatic rings. The summed E-state index contributed by atoms with van der Waals surface area (Å²) in [6, 6.07) is 0. The van der Waals surface area contributed by atoms with Crippen LogP contribution in [-0.2, 0) is 50.4 Å². The van der Waals surface area contributed by atoms with Gasteiger partial charge in [0, 0.05) is 60.5 Å². The summed E-state index contributed by atoms with van der Waals surface area (Å²) in [6.45, 7) is 10.3. The van der Waals surface area contributed by atoms with Crippen molar-refractivity contribution in [3.05, 3.63) is 16.4 Å². The zero-order valence-electron chi connectivity index (χ0n) is 20.6. The third-order valence-corrected chi connectivity index (χ3v) is 4.73. The Hall–Kier alpha value is -1.36. The van der Waals surface area contributed by atoms with Gasteiger partial charge in [0.2, 0.25) is 0 Å². The molecule has 0 atom stereocenters. The summed E-state index contributed by atoms with van der Waals surface area (Å²) in [6.07, 6.45) is 1.88. The third kappa shape index (κ3) is 19.8. The number of carbonyl (C=O) groups excluding carboxylic acids is 2. The van der Waals surface area contributed by atoms with Crippen LogP contribution in [0.4, 0.5) is 0 Å². The third-order valence-electron chi connectivity index (χ3n) is 3.90. The largest absolute Gasteiger partial charge is 0 e. The van der Waals surface area contributed by atoms with Crippen LogP contribution in [0.15, 0.2) is 19.6 Å². The van der Waals surface area contributed by atoms with E-state index < -0.39 is 0 Å². The molecule has 36 heavy (non-hydrogen) atoms. The maximum absolute atomic E-state index is 11.2. The van der Waals surface area contributed by atoms with Gasteiger partial charge in [-0.1, -0.05) is 0 Å². The van der Waals surface area contributed by atoms with E-state index in [1.165, 1.54) is 22.4 Å². The second-order valence-electron chi connectivity index (χ2n) is 5.97. The predicted molar refractivity (Wildman–Crippen MR) is 141 cm³/mol. The number of hydrogen-bond donors (Lipinski definition) is 1. The number of nitroso groups, excluding NO2 is 1. The fourth-order valence-corrected chi connectivity index (χ4v) is 3.06. The van der Waals surface area contributed by atoms with Crippen molar-refractivity contribution >= 4 is 77.3 Å². The van der Waals surface area contributed by atoms with Crippen LogP contribution in [0.3, 0.4) is 0 Å². The molecule has 0 unspecified atom stereocenters. The molecule has 4 radical (unpaired) electrons. The van der Waals surface area contributed by atoms with Gasteiger partial charge in [-0.25, -0.2) is 5.75 Å². The van der Waals surface area contributed by atoms with E-state index in [1.54, 1.807) is 17.6 Å². The smallest absolute Gasteiger partial charge is 0 e. The molecule has 3 heterocycles. The number of aliphatic imine (C=N–C) groups is 3. The van der Waals surface area contributed by atoms with Crippen molar-refractivity contribution in [2.24, 2.45) is 19.6 Å². The van der Waals surface area contributed by atoms with Gasteiger partial charge in [-0.05, 0) is 31.6 Å². The van der Waals surface area contributed by atoms with Crippen LogP contribution in [0, 0.1) is 16.4 Å². The summed E-state index contributed by atoms with van der Waals surface area (Å²) in [7, 11) is 0. The number of halogens is 2. The number of nitrogens with zero attached hydrogens (tertiary/aromatic N) is 6. The first kappa shape index (κ1) is 44.6. The average Bonchev–Trinajstić information content (AvgIpc) is 3.51. The number of amidine groups is 3. The van der Waals surface area contributed by atoms with Crippen molar-refractivity contribution in [3.8, 4) is 0 Å². The molecule has 19 heteroatoms. The molecule has 10 nitrogen and oxygen atoms in total. The van der Waals surface area contributed by atoms with Crippen molar-refractivity contribution in [2.45, 2.75) is 20.8 Å². The number of rotatable bonds is 5. The summed E-state index contributed by atoms with van der Waals surface area (Å²) in [4.78, 5) is 47.5. The Morgan fingerprint density at radius 3 is 1.69 bits per heavy atom. The molecule has 1 N–H and O–H groups in total. The van der Waals surface area contributed by atoms with E-state index in [0.717, 1.165) is 37.9 Å². The fourth-order valence-electron chi connectivity index (χ4n) is 2.47. The monoisotopic (exact) mass is 1610 g/mol. The number of carbonyl (C=O) groups is 2. The van der Waals surface area contributed by atoms with Crippen LogP contribution in [0.5, 0.6) is 0 Å². The van der Waals surface area contributed by atoms with Gasteiger partial charge in [0.1, 0.15) is 17.6 Å². The molecule has 198 valence electrons. The Morgan fingerprint density at radius 2 is 1.44 bits per heavy atom. The Balaban J connectivity index is -0.000000124. The molecule has 0 aromatic heterocycles. The summed E-state index contributed by atoms with van der Waals surface area (Å²) < 4.78 is 2.50. The van der Waals surface area contributed by atoms with Crippen LogP contribution in [0.25, 0.3) is 0 Å². The maximum Gasteiger partial charge on any atom is 0 e. The van der Waals surface area contributed by atoms with Crippen LogP contribution in [0.2, 0.25) is 0 Å². The van der Waals surface area contributed by atoms with Crippen molar-refractivity contribution in [3.63, 3.8) is 0 Å². The minimum atomic E-state index is -0.224. The van der Waals surface area contributed by atoms with Gasteiger partial charge in [0.25, 0.3) is 0 Å². The van der Waals surface area contributed by atoms with Gasteiger partial charge in [-0.3, -0.25) is 20.7 Å². The maximum atomic E-state index is 11.2. The molecule has 0 bridgehead atoms. The van der Waals surface area contributed by atoms with Crippen molar-refractivity contribution in [2.75, 3.05) is 45.5 Å². The zero-order chi connectivity index (χ0) is 24.4. The molecule has 0 fully saturated rings. The minimum absolute atomic E-state index is 0. The van der Waals surface area contributed by atoms with Crippen LogP contribution < -0.4 is 22.3 Å². The normalized spacial score (nSPS) is 14.2. The molecule has 3 aliphatic rings. The summed E-state index contributed by atoms with van der Waals surface area (Å²) >= 11 is 4.27. The number of nitrogens with one attached hydrogen (secondary N) is 1. The van der Waals surface area contributed by atoms with Gasteiger partial charge < -0.3 is 36.5 Å². The SMILES string of the molecule is CC1=NCCN1.CC1=NCCN1C(=O)[CH-]SN=O.CS[CH-]C(=O)N1CCN=C1C.[B][I-]I.[Re].[Re].[Rf].[Rf]. The first-order chi connectivity index (χ1) is 15.3. The summed E-state index contributed by atoms with van der Waals surface area (Å²) in [5, 5.41) is 3.07. The van der Waals surface area contributed by atoms with E-state index in [4.69, 9.17) is 5.70 Å². The van der Waals surface area contributed by atoms with Gasteiger partial charge in [-0.15, -0.1) is 16.9 Å². The first-order valence-electron chi connectivity index (χ1n) is 9.34. The molecule has 2 amide bonds. The second kappa shape index (κ2) is 28.2. The molecule has 0 saturated carbocycles. The number of amides is 2. The van der Waals surface area contributed by atoms with Gasteiger partial charge in [0.15, 0.2) is 0 Å². The Labute approximate surface area is 259 Å². The quantitative estimate of drug-likeness (QED) is 0.126. The summed E-state index contributed by atoms with van der Waals surface area (Å²) in [5.41, 5.74) is 4.94. The standard InChI is InChI=1S/C7H11N2OS.C6H8N3O2S.C4H8N2.BI2.2Re.2Rf/c1-6-8-3-4-9(6)7(10)5-11-2;1-5-7-2-3-9(5)6(10)4-12-8-11;1-4-5-2-3-6-4;1-3-2;;;;/h5H,3-4H2,1-2H3;4H,2-3H2,1H3;2-3H2,1H3,(H,5,6);;;;;/q2*-1;;-1;;;;. The summed E-state index contributed by atoms with van der Waals surface area (Å²) in [5.74, 6) is 5.22. The zero-order valence-corrected chi connectivity index (χ0v) is 44.8. The van der Waals surface area contributed by atoms with Crippen LogP contribution in [0.1, 0.15) is 20.8 Å². The number of hydrogen-bond acceptors (Lipinski definition) is 10. The Bertz CT molecular complexity index is 721. The van der Waals surface area contributed by atoms with Gasteiger partial charge in [-0.2, -0.15) is 0 Å². The van der Waals surface area contributed by atoms with Crippen molar-refractivity contribution < 1.29 is 67.4 Å².